The van der Waals surface area contributed by atoms with Gasteiger partial charge in [-0.1, -0.05) is 41.5 Å². The van der Waals surface area contributed by atoms with E-state index in [2.05, 4.69) is 31.0 Å². The van der Waals surface area contributed by atoms with Crippen LogP contribution in [0.4, 0.5) is 0 Å². The highest BCUT2D eigenvalue weighted by atomic mass is 16.5. The third-order valence-corrected chi connectivity index (χ3v) is 3.05. The highest BCUT2D eigenvalue weighted by Crippen LogP contribution is 2.35. The van der Waals surface area contributed by atoms with Gasteiger partial charge in [0.1, 0.15) is 6.61 Å². The molecular weight excluding hydrogens is 228 g/mol. The first-order valence-electron chi connectivity index (χ1n) is 6.20. The van der Waals surface area contributed by atoms with Gasteiger partial charge in [0.15, 0.2) is 0 Å². The maximum absolute atomic E-state index is 11.9. The van der Waals surface area contributed by atoms with Crippen LogP contribution in [-0.2, 0) is 22.2 Å². The summed E-state index contributed by atoms with van der Waals surface area (Å²) in [5, 5.41) is 8.63. The Morgan fingerprint density at radius 3 is 1.94 bits per heavy atom. The van der Waals surface area contributed by atoms with E-state index in [0.717, 1.165) is 17.0 Å². The highest BCUT2D eigenvalue weighted by Gasteiger charge is 2.36. The van der Waals surface area contributed by atoms with Gasteiger partial charge in [-0.3, -0.25) is 0 Å². The average molecular weight is 248 g/mol. The number of hydrogen-bond donors (Lipinski definition) is 0. The number of ether oxygens (including phenoxy) is 1. The number of carbonyl (C=O) groups is 1. The van der Waals surface area contributed by atoms with E-state index in [0.29, 0.717) is 12.2 Å². The predicted octanol–water partition coefficient (Wildman–Crippen LogP) is 2.74. The molecule has 0 saturated heterocycles. The summed E-state index contributed by atoms with van der Waals surface area (Å²) in [4.78, 5) is 11.9. The molecule has 0 aliphatic carbocycles. The van der Waals surface area contributed by atoms with Gasteiger partial charge in [-0.15, -0.1) is 0 Å². The van der Waals surface area contributed by atoms with Crippen molar-refractivity contribution in [3.8, 4) is 0 Å². The number of fused-ring (bicyclic) bond motifs is 1. The van der Waals surface area contributed by atoms with Crippen LogP contribution in [0.1, 0.15) is 68.9 Å². The van der Waals surface area contributed by atoms with Crippen LogP contribution < -0.4 is 0 Å². The van der Waals surface area contributed by atoms with Crippen molar-refractivity contribution in [1.29, 1.82) is 0 Å². The zero-order valence-corrected chi connectivity index (χ0v) is 11.9. The summed E-state index contributed by atoms with van der Waals surface area (Å²) in [6.07, 6.45) is 0. The number of rotatable bonds is 0. The third kappa shape index (κ3) is 2.00. The van der Waals surface area contributed by atoms with Crippen LogP contribution >= 0.6 is 0 Å². The van der Waals surface area contributed by atoms with E-state index in [9.17, 15) is 4.79 Å². The summed E-state index contributed by atoms with van der Waals surface area (Å²) < 4.78 is 5.18. The first-order chi connectivity index (χ1) is 8.12. The molecule has 2 rings (SSSR count). The van der Waals surface area contributed by atoms with E-state index in [1.807, 2.05) is 20.8 Å². The number of nitrogens with zero attached hydrogens (tertiary/aromatic N) is 2. The smallest absolute Gasteiger partial charge is 0.340 e. The Kier molecular flexibility index (Phi) is 2.72. The van der Waals surface area contributed by atoms with Gasteiger partial charge >= 0.3 is 5.97 Å². The molecule has 0 N–H and O–H groups in total. The van der Waals surface area contributed by atoms with E-state index in [1.165, 1.54) is 0 Å². The topological polar surface area (TPSA) is 52.1 Å². The first-order valence-corrected chi connectivity index (χ1v) is 6.20. The standard InChI is InChI=1S/C14H20N2O2/c1-13(2,3)10-8-7-18-12(17)9(8)11(16-15-10)14(4,5)6/h7H2,1-6H3. The molecule has 0 fully saturated rings. The highest BCUT2D eigenvalue weighted by molar-refractivity contribution is 5.95. The molecule has 1 aromatic rings. The summed E-state index contributed by atoms with van der Waals surface area (Å²) >= 11 is 0. The number of cyclic esters (lactones) is 1. The van der Waals surface area contributed by atoms with Crippen molar-refractivity contribution in [1.82, 2.24) is 10.2 Å². The molecule has 1 aliphatic heterocycles. The third-order valence-electron chi connectivity index (χ3n) is 3.05. The molecule has 0 bridgehead atoms. The van der Waals surface area contributed by atoms with Crippen molar-refractivity contribution < 1.29 is 9.53 Å². The van der Waals surface area contributed by atoms with E-state index in [4.69, 9.17) is 4.74 Å². The molecule has 98 valence electrons. The Hall–Kier alpha value is -1.45. The van der Waals surface area contributed by atoms with Crippen LogP contribution in [0.5, 0.6) is 0 Å². The summed E-state index contributed by atoms with van der Waals surface area (Å²) in [6, 6.07) is 0. The van der Waals surface area contributed by atoms with Gasteiger partial charge in [-0.05, 0) is 0 Å². The van der Waals surface area contributed by atoms with Gasteiger partial charge in [0, 0.05) is 16.4 Å². The van der Waals surface area contributed by atoms with Gasteiger partial charge in [0.2, 0.25) is 0 Å². The minimum atomic E-state index is -0.268. The van der Waals surface area contributed by atoms with Crippen molar-refractivity contribution in [2.75, 3.05) is 0 Å². The van der Waals surface area contributed by atoms with Crippen molar-refractivity contribution >= 4 is 5.97 Å². The first kappa shape index (κ1) is 13.0. The molecule has 4 heteroatoms. The van der Waals surface area contributed by atoms with E-state index < -0.39 is 0 Å². The summed E-state index contributed by atoms with van der Waals surface area (Å²) in [7, 11) is 0. The molecule has 0 aromatic carbocycles. The van der Waals surface area contributed by atoms with Crippen molar-refractivity contribution in [3.63, 3.8) is 0 Å². The Bertz CT molecular complexity index is 508. The number of aromatic nitrogens is 2. The average Bonchev–Trinajstić information content (AvgIpc) is 2.57. The summed E-state index contributed by atoms with van der Waals surface area (Å²) in [5.74, 6) is -0.268. The quantitative estimate of drug-likeness (QED) is 0.662. The van der Waals surface area contributed by atoms with Gasteiger partial charge in [0.05, 0.1) is 17.0 Å². The van der Waals surface area contributed by atoms with Crippen LogP contribution in [-0.4, -0.2) is 16.2 Å². The molecule has 18 heavy (non-hydrogen) atoms. The number of carbonyl (C=O) groups excluding carboxylic acids is 1. The SMILES string of the molecule is CC(C)(C)c1nnc(C(C)(C)C)c2c1COC2=O. The molecule has 0 radical (unpaired) electrons. The van der Waals surface area contributed by atoms with E-state index in [1.54, 1.807) is 0 Å². The van der Waals surface area contributed by atoms with Gasteiger partial charge in [-0.2, -0.15) is 10.2 Å². The normalized spacial score (nSPS) is 15.6. The van der Waals surface area contributed by atoms with Crippen LogP contribution in [0, 0.1) is 0 Å². The molecule has 1 aromatic heterocycles. The summed E-state index contributed by atoms with van der Waals surface area (Å²) in [6.45, 7) is 12.6. The second kappa shape index (κ2) is 3.77. The lowest BCUT2D eigenvalue weighted by Gasteiger charge is -2.23. The molecule has 4 nitrogen and oxygen atoms in total. The van der Waals surface area contributed by atoms with Crippen molar-refractivity contribution in [3.05, 3.63) is 22.5 Å². The number of esters is 1. The van der Waals surface area contributed by atoms with Gasteiger partial charge in [0.25, 0.3) is 0 Å². The Labute approximate surface area is 108 Å². The maximum atomic E-state index is 11.9. The zero-order valence-electron chi connectivity index (χ0n) is 11.9. The van der Waals surface area contributed by atoms with Crippen LogP contribution in [0.3, 0.4) is 0 Å². The van der Waals surface area contributed by atoms with Crippen LogP contribution in [0.2, 0.25) is 0 Å². The lowest BCUT2D eigenvalue weighted by Crippen LogP contribution is -2.24. The fourth-order valence-corrected chi connectivity index (χ4v) is 2.17. The molecule has 0 amide bonds. The fourth-order valence-electron chi connectivity index (χ4n) is 2.17. The van der Waals surface area contributed by atoms with Crippen molar-refractivity contribution in [2.24, 2.45) is 0 Å². The van der Waals surface area contributed by atoms with Gasteiger partial charge in [-0.25, -0.2) is 4.79 Å². The molecule has 0 unspecified atom stereocenters. The molecule has 2 heterocycles. The fraction of sp³-hybridized carbons (Fsp3) is 0.643. The number of hydrogen-bond acceptors (Lipinski definition) is 4. The second-order valence-electron chi connectivity index (χ2n) is 6.83. The van der Waals surface area contributed by atoms with Crippen LogP contribution in [0.25, 0.3) is 0 Å². The Balaban J connectivity index is 2.72. The van der Waals surface area contributed by atoms with Gasteiger partial charge < -0.3 is 4.74 Å². The summed E-state index contributed by atoms with van der Waals surface area (Å²) in [5.41, 5.74) is 2.78. The molecule has 0 saturated carbocycles. The predicted molar refractivity (Wildman–Crippen MR) is 68.6 cm³/mol. The minimum Gasteiger partial charge on any atom is -0.457 e. The van der Waals surface area contributed by atoms with Crippen molar-refractivity contribution in [2.45, 2.75) is 59.0 Å². The molecular formula is C14H20N2O2. The van der Waals surface area contributed by atoms with E-state index >= 15 is 0 Å². The lowest BCUT2D eigenvalue weighted by molar-refractivity contribution is 0.0532. The lowest BCUT2D eigenvalue weighted by atomic mass is 9.83. The minimum absolute atomic E-state index is 0.137. The zero-order chi connectivity index (χ0) is 13.7. The van der Waals surface area contributed by atoms with E-state index in [-0.39, 0.29) is 16.8 Å². The maximum Gasteiger partial charge on any atom is 0.340 e. The molecule has 0 spiro atoms. The Morgan fingerprint density at radius 2 is 1.44 bits per heavy atom. The Morgan fingerprint density at radius 1 is 0.944 bits per heavy atom. The van der Waals surface area contributed by atoms with Crippen LogP contribution in [0.15, 0.2) is 0 Å². The molecule has 0 atom stereocenters. The monoisotopic (exact) mass is 248 g/mol. The largest absolute Gasteiger partial charge is 0.457 e. The second-order valence-corrected chi connectivity index (χ2v) is 6.83. The molecule has 1 aliphatic rings.